The number of carbonyl (C=O) groups excluding carboxylic acids is 3. The van der Waals surface area contributed by atoms with Crippen molar-refractivity contribution in [2.75, 3.05) is 5.75 Å². The Balaban J connectivity index is 2.86. The third-order valence-corrected chi connectivity index (χ3v) is 4.47. The zero-order valence-corrected chi connectivity index (χ0v) is 17.6. The second-order valence-corrected chi connectivity index (χ2v) is 7.07. The minimum Gasteiger partial charge on any atom is -0.481 e. The number of imidazole rings is 1. The summed E-state index contributed by atoms with van der Waals surface area (Å²) in [6.45, 7) is 1.44. The standard InChI is InChI=1S/C17H26N6O7S/c1-8(18)14(26)22-11(4-9-5-19-7-20-9)15(27)23-12(6-31)16(28)21-10(17(29)30)2-3-13(24)25/h5,7-8,10-12,31H,2-4,6,18H2,1H3,(H,19,20)(H,21,28)(H,22,26)(H,23,27)(H,24,25)(H,29,30). The zero-order chi connectivity index (χ0) is 23.6. The van der Waals surface area contributed by atoms with Crippen molar-refractivity contribution in [1.82, 2.24) is 25.9 Å². The van der Waals surface area contributed by atoms with E-state index >= 15 is 0 Å². The van der Waals surface area contributed by atoms with Gasteiger partial charge in [0.25, 0.3) is 0 Å². The Labute approximate surface area is 183 Å². The summed E-state index contributed by atoms with van der Waals surface area (Å²) < 4.78 is 0. The molecule has 4 unspecified atom stereocenters. The van der Waals surface area contributed by atoms with Crippen LogP contribution in [-0.2, 0) is 30.4 Å². The lowest BCUT2D eigenvalue weighted by Crippen LogP contribution is -2.58. The minimum atomic E-state index is -1.46. The molecule has 0 aliphatic rings. The van der Waals surface area contributed by atoms with Gasteiger partial charge < -0.3 is 36.9 Å². The Morgan fingerprint density at radius 1 is 1.06 bits per heavy atom. The van der Waals surface area contributed by atoms with E-state index in [1.165, 1.54) is 19.4 Å². The Kier molecular flexibility index (Phi) is 10.5. The Morgan fingerprint density at radius 2 is 1.65 bits per heavy atom. The van der Waals surface area contributed by atoms with E-state index < -0.39 is 60.2 Å². The summed E-state index contributed by atoms with van der Waals surface area (Å²) in [6.07, 6.45) is 2.08. The van der Waals surface area contributed by atoms with Crippen molar-refractivity contribution in [3.63, 3.8) is 0 Å². The van der Waals surface area contributed by atoms with E-state index in [2.05, 4.69) is 38.5 Å². The summed E-state index contributed by atoms with van der Waals surface area (Å²) in [4.78, 5) is 65.7. The molecule has 3 amide bonds. The highest BCUT2D eigenvalue weighted by Crippen LogP contribution is 2.03. The summed E-state index contributed by atoms with van der Waals surface area (Å²) in [7, 11) is 0. The van der Waals surface area contributed by atoms with Gasteiger partial charge >= 0.3 is 11.9 Å². The van der Waals surface area contributed by atoms with Crippen molar-refractivity contribution in [3.05, 3.63) is 18.2 Å². The number of carboxylic acids is 2. The Bertz CT molecular complexity index is 786. The highest BCUT2D eigenvalue weighted by molar-refractivity contribution is 7.80. The molecule has 1 rings (SSSR count). The first-order valence-corrected chi connectivity index (χ1v) is 9.87. The number of H-pyrrole nitrogens is 1. The van der Waals surface area contributed by atoms with Crippen LogP contribution >= 0.6 is 12.6 Å². The average Bonchev–Trinajstić information content (AvgIpc) is 3.20. The molecule has 1 aromatic heterocycles. The van der Waals surface area contributed by atoms with Crippen molar-refractivity contribution in [2.24, 2.45) is 5.73 Å². The first-order valence-electron chi connectivity index (χ1n) is 9.24. The van der Waals surface area contributed by atoms with Crippen LogP contribution in [0.5, 0.6) is 0 Å². The van der Waals surface area contributed by atoms with Crippen LogP contribution in [0.3, 0.4) is 0 Å². The van der Waals surface area contributed by atoms with Crippen molar-refractivity contribution in [1.29, 1.82) is 0 Å². The lowest BCUT2D eigenvalue weighted by atomic mass is 10.1. The number of thiol groups is 1. The number of rotatable bonds is 13. The molecule has 1 aromatic rings. The molecule has 0 radical (unpaired) electrons. The number of amides is 3. The van der Waals surface area contributed by atoms with Gasteiger partial charge in [-0.2, -0.15) is 12.6 Å². The third kappa shape index (κ3) is 9.04. The predicted molar refractivity (Wildman–Crippen MR) is 110 cm³/mol. The van der Waals surface area contributed by atoms with Crippen LogP contribution in [0.15, 0.2) is 12.5 Å². The maximum absolute atomic E-state index is 12.7. The molecule has 0 aliphatic heterocycles. The number of carboxylic acid groups (broad SMARTS) is 2. The van der Waals surface area contributed by atoms with E-state index in [1.807, 2.05) is 0 Å². The molecule has 8 N–H and O–H groups in total. The fourth-order valence-electron chi connectivity index (χ4n) is 2.39. The summed E-state index contributed by atoms with van der Waals surface area (Å²) in [5.41, 5.74) is 6.07. The molecular weight excluding hydrogens is 432 g/mol. The van der Waals surface area contributed by atoms with Gasteiger partial charge in [-0.05, 0) is 13.3 Å². The molecule has 4 atom stereocenters. The number of nitrogens with zero attached hydrogens (tertiary/aromatic N) is 1. The van der Waals surface area contributed by atoms with Crippen LogP contribution in [0.1, 0.15) is 25.5 Å². The van der Waals surface area contributed by atoms with Crippen molar-refractivity contribution in [2.45, 2.75) is 50.4 Å². The Hall–Kier alpha value is -3.13. The van der Waals surface area contributed by atoms with Crippen molar-refractivity contribution >= 4 is 42.3 Å². The van der Waals surface area contributed by atoms with Gasteiger partial charge in [-0.3, -0.25) is 19.2 Å². The fraction of sp³-hybridized carbons (Fsp3) is 0.529. The number of carbonyl (C=O) groups is 5. The van der Waals surface area contributed by atoms with Gasteiger partial charge in [0.15, 0.2) is 0 Å². The fourth-order valence-corrected chi connectivity index (χ4v) is 2.65. The van der Waals surface area contributed by atoms with Gasteiger partial charge in [0.05, 0.1) is 12.4 Å². The Morgan fingerprint density at radius 3 is 2.13 bits per heavy atom. The predicted octanol–water partition coefficient (Wildman–Crippen LogP) is -2.37. The molecule has 0 saturated heterocycles. The summed E-state index contributed by atoms with van der Waals surface area (Å²) in [5.74, 6) is -4.99. The zero-order valence-electron chi connectivity index (χ0n) is 16.7. The minimum absolute atomic E-state index is 0.0293. The first-order chi connectivity index (χ1) is 14.5. The van der Waals surface area contributed by atoms with Crippen molar-refractivity contribution < 1.29 is 34.2 Å². The quantitative estimate of drug-likeness (QED) is 0.148. The van der Waals surface area contributed by atoms with E-state index in [9.17, 15) is 29.1 Å². The molecule has 0 saturated carbocycles. The van der Waals surface area contributed by atoms with Gasteiger partial charge in [-0.25, -0.2) is 9.78 Å². The van der Waals surface area contributed by atoms with E-state index in [1.54, 1.807) is 0 Å². The number of aromatic amines is 1. The maximum Gasteiger partial charge on any atom is 0.326 e. The molecule has 0 aromatic carbocycles. The largest absolute Gasteiger partial charge is 0.481 e. The van der Waals surface area contributed by atoms with Crippen LogP contribution < -0.4 is 21.7 Å². The molecule has 0 aliphatic carbocycles. The van der Waals surface area contributed by atoms with Gasteiger partial charge in [0.1, 0.15) is 18.1 Å². The van der Waals surface area contributed by atoms with Gasteiger partial charge in [0, 0.05) is 30.5 Å². The molecule has 31 heavy (non-hydrogen) atoms. The van der Waals surface area contributed by atoms with Gasteiger partial charge in [0.2, 0.25) is 17.7 Å². The lowest BCUT2D eigenvalue weighted by Gasteiger charge is -2.23. The van der Waals surface area contributed by atoms with Crippen LogP contribution in [0.2, 0.25) is 0 Å². The topological polar surface area (TPSA) is 217 Å². The lowest BCUT2D eigenvalue weighted by molar-refractivity contribution is -0.143. The van der Waals surface area contributed by atoms with E-state index in [0.29, 0.717) is 5.69 Å². The number of hydrogen-bond donors (Lipinski definition) is 8. The molecule has 14 heteroatoms. The number of hydrogen-bond acceptors (Lipinski definition) is 8. The van der Waals surface area contributed by atoms with E-state index in [0.717, 1.165) is 0 Å². The smallest absolute Gasteiger partial charge is 0.326 e. The van der Waals surface area contributed by atoms with Gasteiger partial charge in [-0.15, -0.1) is 0 Å². The molecule has 0 spiro atoms. The molecule has 1 heterocycles. The second kappa shape index (κ2) is 12.5. The highest BCUT2D eigenvalue weighted by Gasteiger charge is 2.29. The SMILES string of the molecule is CC(N)C(=O)NC(Cc1cnc[nH]1)C(=O)NC(CS)C(=O)NC(CCC(=O)O)C(=O)O. The summed E-state index contributed by atoms with van der Waals surface area (Å²) in [5, 5.41) is 24.9. The highest BCUT2D eigenvalue weighted by atomic mass is 32.1. The second-order valence-electron chi connectivity index (χ2n) is 6.71. The van der Waals surface area contributed by atoms with Crippen LogP contribution in [-0.4, -0.2) is 79.8 Å². The third-order valence-electron chi connectivity index (χ3n) is 4.10. The average molecular weight is 458 g/mol. The number of nitrogens with two attached hydrogens (primary N) is 1. The number of nitrogens with one attached hydrogen (secondary N) is 4. The van der Waals surface area contributed by atoms with Crippen LogP contribution in [0.4, 0.5) is 0 Å². The van der Waals surface area contributed by atoms with Crippen molar-refractivity contribution in [3.8, 4) is 0 Å². The van der Waals surface area contributed by atoms with E-state index in [-0.39, 0.29) is 18.6 Å². The summed E-state index contributed by atoms with van der Waals surface area (Å²) in [6, 6.07) is -4.68. The van der Waals surface area contributed by atoms with Gasteiger partial charge in [-0.1, -0.05) is 0 Å². The van der Waals surface area contributed by atoms with Crippen LogP contribution in [0.25, 0.3) is 0 Å². The maximum atomic E-state index is 12.7. The van der Waals surface area contributed by atoms with E-state index in [4.69, 9.17) is 10.8 Å². The van der Waals surface area contributed by atoms with Crippen LogP contribution in [0, 0.1) is 0 Å². The molecule has 0 fully saturated rings. The monoisotopic (exact) mass is 458 g/mol. The molecule has 13 nitrogen and oxygen atoms in total. The number of aliphatic carboxylic acids is 2. The first kappa shape index (κ1) is 25.9. The number of aromatic nitrogens is 2. The molecular formula is C17H26N6O7S. The normalized spacial score (nSPS) is 14.5. The summed E-state index contributed by atoms with van der Waals surface area (Å²) >= 11 is 4.01. The molecule has 0 bridgehead atoms. The molecule has 172 valence electrons.